The summed E-state index contributed by atoms with van der Waals surface area (Å²) in [5.41, 5.74) is 0.985. The zero-order valence-corrected chi connectivity index (χ0v) is 10.6. The second-order valence-corrected chi connectivity index (χ2v) is 5.05. The van der Waals surface area contributed by atoms with Gasteiger partial charge in [0, 0.05) is 18.1 Å². The lowest BCUT2D eigenvalue weighted by molar-refractivity contribution is 0.163. The van der Waals surface area contributed by atoms with E-state index in [1.54, 1.807) is 12.1 Å². The van der Waals surface area contributed by atoms with E-state index in [1.807, 2.05) is 13.8 Å². The molecule has 98 valence electrons. The van der Waals surface area contributed by atoms with Crippen LogP contribution in [0, 0.1) is 0 Å². The van der Waals surface area contributed by atoms with Crippen LogP contribution in [0.5, 0.6) is 5.75 Å². The molecule has 0 saturated carbocycles. The Hall–Kier alpha value is -2.30. The first kappa shape index (κ1) is 11.8. The minimum absolute atomic E-state index is 0.105. The van der Waals surface area contributed by atoms with Gasteiger partial charge < -0.3 is 14.4 Å². The Kier molecular flexibility index (Phi) is 2.38. The van der Waals surface area contributed by atoms with Gasteiger partial charge in [-0.3, -0.25) is 4.79 Å². The number of hydrogen-bond acceptors (Lipinski definition) is 5. The van der Waals surface area contributed by atoms with E-state index in [1.165, 1.54) is 12.3 Å². The van der Waals surface area contributed by atoms with E-state index in [0.29, 0.717) is 28.9 Å². The average Bonchev–Trinajstić information content (AvgIpc) is 2.37. The normalized spacial score (nSPS) is 19.2. The standard InChI is InChI=1S/C14H13NO4/c1-14(2)11(15-17)7-8-3-4-9-10(16)5-6-18-13(9)12(8)19-14/h3-6,17H,7H2,1-2H3/b15-11-. The molecule has 0 aliphatic carbocycles. The monoisotopic (exact) mass is 259 g/mol. The van der Waals surface area contributed by atoms with E-state index in [0.717, 1.165) is 5.56 Å². The van der Waals surface area contributed by atoms with Gasteiger partial charge in [0.05, 0.1) is 11.6 Å². The molecule has 5 heteroatoms. The topological polar surface area (TPSA) is 72.0 Å². The second-order valence-electron chi connectivity index (χ2n) is 5.05. The molecule has 2 heterocycles. The molecule has 0 saturated heterocycles. The van der Waals surface area contributed by atoms with Gasteiger partial charge in [-0.1, -0.05) is 11.2 Å². The average molecular weight is 259 g/mol. The largest absolute Gasteiger partial charge is 0.478 e. The number of rotatable bonds is 0. The highest BCUT2D eigenvalue weighted by molar-refractivity contribution is 5.97. The fraction of sp³-hybridized carbons (Fsp3) is 0.286. The summed E-state index contributed by atoms with van der Waals surface area (Å²) in [5.74, 6) is 0.549. The molecule has 0 radical (unpaired) electrons. The molecule has 3 rings (SSSR count). The Morgan fingerprint density at radius 1 is 1.32 bits per heavy atom. The second kappa shape index (κ2) is 3.85. The summed E-state index contributed by atoms with van der Waals surface area (Å²) in [7, 11) is 0. The lowest BCUT2D eigenvalue weighted by Crippen LogP contribution is -2.43. The predicted molar refractivity (Wildman–Crippen MR) is 70.1 cm³/mol. The predicted octanol–water partition coefficient (Wildman–Crippen LogP) is 2.34. The summed E-state index contributed by atoms with van der Waals surface area (Å²) in [5, 5.41) is 12.8. The number of benzene rings is 1. The van der Waals surface area contributed by atoms with Crippen LogP contribution in [0.15, 0.2) is 38.8 Å². The zero-order chi connectivity index (χ0) is 13.6. The van der Waals surface area contributed by atoms with Gasteiger partial charge in [-0.25, -0.2) is 0 Å². The van der Waals surface area contributed by atoms with Gasteiger partial charge in [-0.2, -0.15) is 0 Å². The molecule has 1 aliphatic heterocycles. The van der Waals surface area contributed by atoms with Gasteiger partial charge in [0.25, 0.3) is 0 Å². The van der Waals surface area contributed by atoms with Crippen LogP contribution >= 0.6 is 0 Å². The maximum Gasteiger partial charge on any atom is 0.192 e. The van der Waals surface area contributed by atoms with Crippen molar-refractivity contribution in [2.45, 2.75) is 25.9 Å². The van der Waals surface area contributed by atoms with Crippen molar-refractivity contribution in [2.24, 2.45) is 5.16 Å². The molecule has 19 heavy (non-hydrogen) atoms. The SMILES string of the molecule is CC1(C)Oc2c(ccc3c(=O)ccoc23)C/C1=N/O. The van der Waals surface area contributed by atoms with Crippen molar-refractivity contribution in [1.29, 1.82) is 0 Å². The van der Waals surface area contributed by atoms with Crippen molar-refractivity contribution in [3.63, 3.8) is 0 Å². The first-order chi connectivity index (χ1) is 9.03. The van der Waals surface area contributed by atoms with Gasteiger partial charge in [0.2, 0.25) is 0 Å². The van der Waals surface area contributed by atoms with Crippen LogP contribution in [-0.4, -0.2) is 16.5 Å². The van der Waals surface area contributed by atoms with Gasteiger partial charge in [-0.05, 0) is 19.9 Å². The summed E-state index contributed by atoms with van der Waals surface area (Å²) in [6.07, 6.45) is 1.82. The minimum atomic E-state index is -0.732. The quantitative estimate of drug-likeness (QED) is 0.582. The van der Waals surface area contributed by atoms with Crippen LogP contribution in [0.3, 0.4) is 0 Å². The summed E-state index contributed by atoms with van der Waals surface area (Å²) in [6, 6.07) is 4.88. The Balaban J connectivity index is 2.30. The molecule has 0 spiro atoms. The van der Waals surface area contributed by atoms with Gasteiger partial charge in [0.1, 0.15) is 11.3 Å². The Bertz CT molecular complexity index is 743. The van der Waals surface area contributed by atoms with Gasteiger partial charge in [-0.15, -0.1) is 0 Å². The van der Waals surface area contributed by atoms with Crippen LogP contribution in [0.4, 0.5) is 0 Å². The lowest BCUT2D eigenvalue weighted by Gasteiger charge is -2.33. The highest BCUT2D eigenvalue weighted by atomic mass is 16.5. The van der Waals surface area contributed by atoms with E-state index in [4.69, 9.17) is 14.4 Å². The highest BCUT2D eigenvalue weighted by Gasteiger charge is 2.35. The minimum Gasteiger partial charge on any atom is -0.478 e. The first-order valence-electron chi connectivity index (χ1n) is 5.97. The van der Waals surface area contributed by atoms with E-state index in [2.05, 4.69) is 5.16 Å². The fourth-order valence-electron chi connectivity index (χ4n) is 2.28. The van der Waals surface area contributed by atoms with E-state index < -0.39 is 5.60 Å². The van der Waals surface area contributed by atoms with Crippen LogP contribution < -0.4 is 10.2 Å². The first-order valence-corrected chi connectivity index (χ1v) is 5.97. The van der Waals surface area contributed by atoms with Crippen molar-refractivity contribution >= 4 is 16.7 Å². The van der Waals surface area contributed by atoms with Crippen LogP contribution in [-0.2, 0) is 6.42 Å². The Labute approximate surface area is 109 Å². The van der Waals surface area contributed by atoms with Crippen LogP contribution in [0.1, 0.15) is 19.4 Å². The zero-order valence-electron chi connectivity index (χ0n) is 10.6. The van der Waals surface area contributed by atoms with Crippen LogP contribution in [0.2, 0.25) is 0 Å². The Morgan fingerprint density at radius 3 is 2.84 bits per heavy atom. The maximum atomic E-state index is 11.8. The molecule has 5 nitrogen and oxygen atoms in total. The summed E-state index contributed by atoms with van der Waals surface area (Å²) in [6.45, 7) is 3.62. The third-order valence-electron chi connectivity index (χ3n) is 3.40. The molecule has 2 aromatic rings. The third kappa shape index (κ3) is 1.69. The summed E-state index contributed by atoms with van der Waals surface area (Å²) in [4.78, 5) is 11.8. The number of oxime groups is 1. The maximum absolute atomic E-state index is 11.8. The summed E-state index contributed by atoms with van der Waals surface area (Å²) >= 11 is 0. The van der Waals surface area contributed by atoms with Crippen molar-refractivity contribution in [2.75, 3.05) is 0 Å². The molecule has 1 N–H and O–H groups in total. The van der Waals surface area contributed by atoms with Crippen molar-refractivity contribution in [1.82, 2.24) is 0 Å². The molecule has 0 unspecified atom stereocenters. The van der Waals surface area contributed by atoms with Crippen molar-refractivity contribution < 1.29 is 14.4 Å². The molecule has 1 aromatic carbocycles. The molecule has 0 fully saturated rings. The molecule has 0 amide bonds. The number of hydrogen-bond donors (Lipinski definition) is 1. The molecule has 1 aliphatic rings. The Morgan fingerprint density at radius 2 is 2.11 bits per heavy atom. The van der Waals surface area contributed by atoms with Crippen LogP contribution in [0.25, 0.3) is 11.0 Å². The van der Waals surface area contributed by atoms with Crippen molar-refractivity contribution in [3.8, 4) is 5.75 Å². The molecule has 1 aromatic heterocycles. The smallest absolute Gasteiger partial charge is 0.192 e. The van der Waals surface area contributed by atoms with E-state index in [-0.39, 0.29) is 5.43 Å². The van der Waals surface area contributed by atoms with E-state index in [9.17, 15) is 4.79 Å². The third-order valence-corrected chi connectivity index (χ3v) is 3.40. The highest BCUT2D eigenvalue weighted by Crippen LogP contribution is 2.36. The number of fused-ring (bicyclic) bond motifs is 3. The molecular weight excluding hydrogens is 246 g/mol. The van der Waals surface area contributed by atoms with E-state index >= 15 is 0 Å². The number of nitrogens with zero attached hydrogens (tertiary/aromatic N) is 1. The summed E-state index contributed by atoms with van der Waals surface area (Å²) < 4.78 is 11.3. The molecule has 0 bridgehead atoms. The fourth-order valence-corrected chi connectivity index (χ4v) is 2.28. The van der Waals surface area contributed by atoms with Crippen molar-refractivity contribution in [3.05, 3.63) is 40.2 Å². The molecule has 0 atom stereocenters. The number of ether oxygens (including phenoxy) is 1. The lowest BCUT2D eigenvalue weighted by atomic mass is 9.91. The molecular formula is C14H13NO4. The van der Waals surface area contributed by atoms with Gasteiger partial charge >= 0.3 is 0 Å². The van der Waals surface area contributed by atoms with Gasteiger partial charge in [0.15, 0.2) is 16.8 Å².